The first-order valence-corrected chi connectivity index (χ1v) is 8.00. The van der Waals surface area contributed by atoms with Crippen LogP contribution in [-0.2, 0) is 4.79 Å². The number of benzene rings is 1. The summed E-state index contributed by atoms with van der Waals surface area (Å²) in [6.07, 6.45) is 1.71. The van der Waals surface area contributed by atoms with Gasteiger partial charge in [-0.3, -0.25) is 4.98 Å². The van der Waals surface area contributed by atoms with Crippen molar-refractivity contribution in [2.24, 2.45) is 0 Å². The van der Waals surface area contributed by atoms with Crippen LogP contribution in [0, 0.1) is 0 Å². The molecule has 2 aromatic rings. The van der Waals surface area contributed by atoms with E-state index in [1.807, 2.05) is 49.4 Å². The highest BCUT2D eigenvalue weighted by Gasteiger charge is 2.35. The molecule has 2 heterocycles. The number of nitrogens with zero attached hydrogens (tertiary/aromatic N) is 1. The highest BCUT2D eigenvalue weighted by Crippen LogP contribution is 2.45. The zero-order valence-corrected chi connectivity index (χ0v) is 14.4. The molecule has 0 fully saturated rings. The third-order valence-corrected chi connectivity index (χ3v) is 4.38. The lowest BCUT2D eigenvalue weighted by Crippen LogP contribution is -2.28. The molecule has 0 bridgehead atoms. The van der Waals surface area contributed by atoms with Gasteiger partial charge in [-0.05, 0) is 32.0 Å². The Morgan fingerprint density at radius 1 is 1.12 bits per heavy atom. The maximum Gasteiger partial charge on any atom is 0.334 e. The van der Waals surface area contributed by atoms with Crippen molar-refractivity contribution in [2.75, 3.05) is 7.11 Å². The van der Waals surface area contributed by atoms with Crippen LogP contribution in [0.3, 0.4) is 0 Å². The lowest BCUT2D eigenvalue weighted by molar-refractivity contribution is -0.132. The second kappa shape index (κ2) is 6.81. The van der Waals surface area contributed by atoms with Gasteiger partial charge in [0.25, 0.3) is 0 Å². The second-order valence-corrected chi connectivity index (χ2v) is 5.90. The summed E-state index contributed by atoms with van der Waals surface area (Å²) in [6, 6.07) is 13.1. The quantitative estimate of drug-likeness (QED) is 0.893. The van der Waals surface area contributed by atoms with Crippen LogP contribution in [0.25, 0.3) is 5.57 Å². The summed E-state index contributed by atoms with van der Waals surface area (Å²) in [7, 11) is 1.59. The normalized spacial score (nSPS) is 17.3. The molecule has 2 N–H and O–H groups in total. The molecule has 0 spiro atoms. The highest BCUT2D eigenvalue weighted by molar-refractivity contribution is 5.96. The fraction of sp³-hybridized carbons (Fsp3) is 0.200. The Kier molecular flexibility index (Phi) is 4.57. The molecule has 1 unspecified atom stereocenters. The number of para-hydroxylation sites is 1. The number of dihydropyridines is 1. The minimum absolute atomic E-state index is 0.302. The van der Waals surface area contributed by atoms with Gasteiger partial charge >= 0.3 is 5.97 Å². The van der Waals surface area contributed by atoms with Gasteiger partial charge in [0.15, 0.2) is 0 Å². The number of pyridine rings is 1. The van der Waals surface area contributed by atoms with Crippen LogP contribution in [0.4, 0.5) is 0 Å². The number of methoxy groups -OCH3 is 1. The van der Waals surface area contributed by atoms with E-state index in [9.17, 15) is 9.90 Å². The van der Waals surface area contributed by atoms with E-state index in [2.05, 4.69) is 10.3 Å². The number of carbonyl (C=O) groups is 1. The Morgan fingerprint density at radius 2 is 1.84 bits per heavy atom. The van der Waals surface area contributed by atoms with Crippen molar-refractivity contribution < 1.29 is 14.6 Å². The van der Waals surface area contributed by atoms with Gasteiger partial charge in [-0.1, -0.05) is 24.3 Å². The average Bonchev–Trinajstić information content (AvgIpc) is 2.61. The molecule has 5 nitrogen and oxygen atoms in total. The molecule has 0 saturated heterocycles. The summed E-state index contributed by atoms with van der Waals surface area (Å²) in [6.45, 7) is 3.72. The molecule has 1 aliphatic rings. The SMILES string of the molecule is COc1ccccc1C1C(C(=O)O)=C(C)NC(C)=C1c1ccccn1. The predicted molar refractivity (Wildman–Crippen MR) is 96.0 cm³/mol. The number of nitrogens with one attached hydrogen (secondary N) is 1. The zero-order chi connectivity index (χ0) is 18.0. The van der Waals surface area contributed by atoms with Gasteiger partial charge in [-0.2, -0.15) is 0 Å². The number of aliphatic carboxylic acids is 1. The molecule has 1 aromatic heterocycles. The third-order valence-electron chi connectivity index (χ3n) is 4.38. The fourth-order valence-electron chi connectivity index (χ4n) is 3.36. The zero-order valence-electron chi connectivity index (χ0n) is 14.4. The maximum absolute atomic E-state index is 12.0. The number of ether oxygens (including phenoxy) is 1. The Hall–Kier alpha value is -3.08. The molecule has 128 valence electrons. The van der Waals surface area contributed by atoms with E-state index in [4.69, 9.17) is 4.74 Å². The molecular formula is C20H20N2O3. The summed E-state index contributed by atoms with van der Waals surface area (Å²) in [5.41, 5.74) is 4.21. The van der Waals surface area contributed by atoms with Crippen molar-refractivity contribution in [3.05, 3.63) is 76.9 Å². The Morgan fingerprint density at radius 3 is 2.48 bits per heavy atom. The summed E-state index contributed by atoms with van der Waals surface area (Å²) >= 11 is 0. The van der Waals surface area contributed by atoms with E-state index >= 15 is 0 Å². The molecule has 3 rings (SSSR count). The van der Waals surface area contributed by atoms with Gasteiger partial charge < -0.3 is 15.2 Å². The fourth-order valence-corrected chi connectivity index (χ4v) is 3.36. The van der Waals surface area contributed by atoms with Crippen molar-refractivity contribution in [3.8, 4) is 5.75 Å². The van der Waals surface area contributed by atoms with E-state index < -0.39 is 11.9 Å². The first kappa shape index (κ1) is 16.8. The van der Waals surface area contributed by atoms with E-state index in [0.717, 1.165) is 22.5 Å². The topological polar surface area (TPSA) is 71.5 Å². The van der Waals surface area contributed by atoms with Gasteiger partial charge in [-0.15, -0.1) is 0 Å². The summed E-state index contributed by atoms with van der Waals surface area (Å²) in [5.74, 6) is -0.770. The minimum Gasteiger partial charge on any atom is -0.496 e. The standard InChI is InChI=1S/C20H20N2O3/c1-12-17(15-9-6-7-11-21-15)19(18(20(23)24)13(2)22-12)14-8-4-5-10-16(14)25-3/h4-11,19,22H,1-3H3,(H,23,24). The van der Waals surface area contributed by atoms with E-state index in [0.29, 0.717) is 17.0 Å². The monoisotopic (exact) mass is 336 g/mol. The Balaban J connectivity index is 2.29. The lowest BCUT2D eigenvalue weighted by atomic mass is 9.78. The molecule has 1 atom stereocenters. The van der Waals surface area contributed by atoms with Crippen molar-refractivity contribution in [1.29, 1.82) is 0 Å². The molecule has 1 aliphatic heterocycles. The number of aromatic nitrogens is 1. The van der Waals surface area contributed by atoms with E-state index in [1.54, 1.807) is 20.2 Å². The maximum atomic E-state index is 12.0. The molecule has 0 radical (unpaired) electrons. The van der Waals surface area contributed by atoms with Crippen LogP contribution in [0.2, 0.25) is 0 Å². The third kappa shape index (κ3) is 3.01. The number of hydrogen-bond acceptors (Lipinski definition) is 4. The highest BCUT2D eigenvalue weighted by atomic mass is 16.5. The number of allylic oxidation sites excluding steroid dienone is 3. The van der Waals surface area contributed by atoms with Crippen LogP contribution in [0.15, 0.2) is 65.6 Å². The molecular weight excluding hydrogens is 316 g/mol. The molecule has 0 saturated carbocycles. The number of carboxylic acids is 1. The minimum atomic E-state index is -0.957. The molecule has 0 amide bonds. The molecule has 0 aliphatic carbocycles. The predicted octanol–water partition coefficient (Wildman–Crippen LogP) is 3.57. The lowest BCUT2D eigenvalue weighted by Gasteiger charge is -2.31. The molecule has 1 aromatic carbocycles. The van der Waals surface area contributed by atoms with Crippen LogP contribution in [0.1, 0.15) is 31.0 Å². The Bertz CT molecular complexity index is 870. The second-order valence-electron chi connectivity index (χ2n) is 5.90. The van der Waals surface area contributed by atoms with E-state index in [1.165, 1.54) is 0 Å². The smallest absolute Gasteiger partial charge is 0.334 e. The van der Waals surface area contributed by atoms with Gasteiger partial charge in [-0.25, -0.2) is 4.79 Å². The Labute approximate surface area is 146 Å². The summed E-state index contributed by atoms with van der Waals surface area (Å²) in [5, 5.41) is 13.1. The van der Waals surface area contributed by atoms with Gasteiger partial charge in [0.2, 0.25) is 0 Å². The number of rotatable bonds is 4. The molecule has 25 heavy (non-hydrogen) atoms. The van der Waals surface area contributed by atoms with Crippen LogP contribution >= 0.6 is 0 Å². The average molecular weight is 336 g/mol. The van der Waals surface area contributed by atoms with Crippen molar-refractivity contribution in [1.82, 2.24) is 10.3 Å². The van der Waals surface area contributed by atoms with E-state index in [-0.39, 0.29) is 0 Å². The largest absolute Gasteiger partial charge is 0.496 e. The first-order valence-electron chi connectivity index (χ1n) is 8.00. The van der Waals surface area contributed by atoms with Gasteiger partial charge in [0.05, 0.1) is 24.3 Å². The van der Waals surface area contributed by atoms with Crippen molar-refractivity contribution in [2.45, 2.75) is 19.8 Å². The number of carboxylic acid groups (broad SMARTS) is 1. The summed E-state index contributed by atoms with van der Waals surface area (Å²) in [4.78, 5) is 16.5. The molecule has 5 heteroatoms. The van der Waals surface area contributed by atoms with Crippen molar-refractivity contribution in [3.63, 3.8) is 0 Å². The summed E-state index contributed by atoms with van der Waals surface area (Å²) < 4.78 is 5.50. The first-order chi connectivity index (χ1) is 12.0. The van der Waals surface area contributed by atoms with Crippen LogP contribution in [0.5, 0.6) is 5.75 Å². The van der Waals surface area contributed by atoms with Gasteiger partial charge in [0.1, 0.15) is 5.75 Å². The van der Waals surface area contributed by atoms with Crippen LogP contribution < -0.4 is 10.1 Å². The van der Waals surface area contributed by atoms with Gasteiger partial charge in [0, 0.05) is 28.7 Å². The van der Waals surface area contributed by atoms with Crippen LogP contribution in [-0.4, -0.2) is 23.2 Å². The van der Waals surface area contributed by atoms with Crippen molar-refractivity contribution >= 4 is 11.5 Å². The number of hydrogen-bond donors (Lipinski definition) is 2.